The van der Waals surface area contributed by atoms with Crippen LogP contribution in [0.4, 0.5) is 8.78 Å². The lowest BCUT2D eigenvalue weighted by Crippen LogP contribution is -2.30. The van der Waals surface area contributed by atoms with Crippen molar-refractivity contribution in [3.63, 3.8) is 0 Å². The molecule has 1 aliphatic carbocycles. The summed E-state index contributed by atoms with van der Waals surface area (Å²) in [6.07, 6.45) is 1.86. The van der Waals surface area contributed by atoms with E-state index in [0.29, 0.717) is 24.0 Å². The zero-order valence-corrected chi connectivity index (χ0v) is 11.6. The van der Waals surface area contributed by atoms with Gasteiger partial charge in [-0.2, -0.15) is 0 Å². The van der Waals surface area contributed by atoms with Crippen LogP contribution in [0.3, 0.4) is 0 Å². The molecule has 102 valence electrons. The molecule has 2 heterocycles. The van der Waals surface area contributed by atoms with Gasteiger partial charge in [0.1, 0.15) is 0 Å². The Bertz CT molecular complexity index is 669. The van der Waals surface area contributed by atoms with Gasteiger partial charge in [-0.05, 0) is 34.8 Å². The zero-order chi connectivity index (χ0) is 13.6. The third-order valence-electron chi connectivity index (χ3n) is 3.57. The van der Waals surface area contributed by atoms with Crippen LogP contribution < -0.4 is 5.69 Å². The molecule has 2 aromatic rings. The molecule has 0 bridgehead atoms. The first-order valence-electron chi connectivity index (χ1n) is 6.10. The van der Waals surface area contributed by atoms with Crippen LogP contribution in [0.15, 0.2) is 21.5 Å². The molecule has 1 saturated carbocycles. The molecule has 1 N–H and O–H groups in total. The van der Waals surface area contributed by atoms with Crippen LogP contribution in [0.5, 0.6) is 0 Å². The molecule has 1 aliphatic rings. The van der Waals surface area contributed by atoms with Gasteiger partial charge in [-0.3, -0.25) is 4.57 Å². The highest BCUT2D eigenvalue weighted by Crippen LogP contribution is 2.38. The van der Waals surface area contributed by atoms with Crippen molar-refractivity contribution in [3.8, 4) is 0 Å². The monoisotopic (exact) mass is 331 g/mol. The largest absolute Gasteiger partial charge is 0.327 e. The Balaban J connectivity index is 2.01. The van der Waals surface area contributed by atoms with Crippen LogP contribution in [0.2, 0.25) is 0 Å². The lowest BCUT2D eigenvalue weighted by molar-refractivity contribution is -0.0439. The van der Waals surface area contributed by atoms with Gasteiger partial charge >= 0.3 is 5.69 Å². The maximum Gasteiger partial charge on any atom is 0.327 e. The summed E-state index contributed by atoms with van der Waals surface area (Å²) in [4.78, 5) is 18.9. The minimum Gasteiger partial charge on any atom is -0.304 e. The molecule has 0 spiro atoms. The summed E-state index contributed by atoms with van der Waals surface area (Å²) in [6, 6.07) is 1.56. The molecular weight excluding hydrogens is 320 g/mol. The van der Waals surface area contributed by atoms with E-state index in [-0.39, 0.29) is 24.6 Å². The molecule has 3 rings (SSSR count). The van der Waals surface area contributed by atoms with Crippen molar-refractivity contribution in [2.75, 3.05) is 0 Å². The molecule has 0 unspecified atom stereocenters. The summed E-state index contributed by atoms with van der Waals surface area (Å²) >= 11 is 3.28. The summed E-state index contributed by atoms with van der Waals surface area (Å²) in [5.41, 5.74) is 0.871. The number of hydrogen-bond acceptors (Lipinski definition) is 2. The molecule has 7 heteroatoms. The second kappa shape index (κ2) is 4.40. The Hall–Kier alpha value is -1.24. The van der Waals surface area contributed by atoms with Gasteiger partial charge in [0.05, 0.1) is 5.52 Å². The van der Waals surface area contributed by atoms with Crippen molar-refractivity contribution in [1.82, 2.24) is 14.5 Å². The fraction of sp³-hybridized carbons (Fsp3) is 0.500. The number of imidazole rings is 1. The summed E-state index contributed by atoms with van der Waals surface area (Å²) in [5.74, 6) is -2.59. The van der Waals surface area contributed by atoms with Crippen LogP contribution in [0, 0.1) is 0 Å². The molecule has 0 saturated heterocycles. The zero-order valence-electron chi connectivity index (χ0n) is 10.00. The molecule has 0 aromatic carbocycles. The number of H-pyrrole nitrogens is 1. The summed E-state index contributed by atoms with van der Waals surface area (Å²) < 4.78 is 28.6. The van der Waals surface area contributed by atoms with Crippen molar-refractivity contribution in [2.45, 2.75) is 37.6 Å². The van der Waals surface area contributed by atoms with Gasteiger partial charge in [0.2, 0.25) is 5.92 Å². The first kappa shape index (κ1) is 12.8. The van der Waals surface area contributed by atoms with E-state index in [4.69, 9.17) is 0 Å². The van der Waals surface area contributed by atoms with Gasteiger partial charge in [-0.15, -0.1) is 0 Å². The van der Waals surface area contributed by atoms with E-state index in [0.717, 1.165) is 4.47 Å². The smallest absolute Gasteiger partial charge is 0.304 e. The lowest BCUT2D eigenvalue weighted by Gasteiger charge is -2.28. The Morgan fingerprint density at radius 3 is 2.79 bits per heavy atom. The van der Waals surface area contributed by atoms with E-state index in [1.165, 1.54) is 4.57 Å². The summed E-state index contributed by atoms with van der Waals surface area (Å²) in [6.45, 7) is 0. The van der Waals surface area contributed by atoms with E-state index in [9.17, 15) is 13.6 Å². The van der Waals surface area contributed by atoms with E-state index in [1.54, 1.807) is 12.3 Å². The molecule has 19 heavy (non-hydrogen) atoms. The molecule has 4 nitrogen and oxygen atoms in total. The van der Waals surface area contributed by atoms with Gasteiger partial charge in [-0.1, -0.05) is 0 Å². The molecule has 2 aromatic heterocycles. The summed E-state index contributed by atoms with van der Waals surface area (Å²) in [7, 11) is 0. The van der Waals surface area contributed by atoms with E-state index in [2.05, 4.69) is 25.9 Å². The van der Waals surface area contributed by atoms with Crippen molar-refractivity contribution >= 4 is 27.1 Å². The molecule has 0 aliphatic heterocycles. The van der Waals surface area contributed by atoms with Gasteiger partial charge in [0, 0.05) is 29.6 Å². The Morgan fingerprint density at radius 2 is 2.11 bits per heavy atom. The highest BCUT2D eigenvalue weighted by Gasteiger charge is 2.36. The number of nitrogens with zero attached hydrogens (tertiary/aromatic N) is 2. The standard InChI is InChI=1S/C12H12BrF2N3O/c13-7-5-9-10(16-6-7)18(11(19)17-9)8-1-3-12(14,15)4-2-8/h5-6,8H,1-4H2,(H,17,19). The SMILES string of the molecule is O=c1[nH]c2cc(Br)cnc2n1C1CCC(F)(F)CC1. The Labute approximate surface area is 116 Å². The van der Waals surface area contributed by atoms with Gasteiger partial charge in [0.15, 0.2) is 5.65 Å². The second-order valence-electron chi connectivity index (χ2n) is 4.91. The average molecular weight is 332 g/mol. The maximum absolute atomic E-state index is 13.2. The molecular formula is C12H12BrF2N3O. The normalized spacial score (nSPS) is 19.9. The average Bonchev–Trinajstić information content (AvgIpc) is 2.65. The molecule has 1 fully saturated rings. The number of aromatic amines is 1. The van der Waals surface area contributed by atoms with E-state index in [1.807, 2.05) is 0 Å². The van der Waals surface area contributed by atoms with E-state index < -0.39 is 5.92 Å². The molecule has 0 amide bonds. The number of aromatic nitrogens is 3. The number of nitrogens with one attached hydrogen (secondary N) is 1. The first-order chi connectivity index (χ1) is 8.96. The van der Waals surface area contributed by atoms with Crippen LogP contribution in [0.1, 0.15) is 31.7 Å². The summed E-state index contributed by atoms with van der Waals surface area (Å²) in [5, 5.41) is 0. The molecule has 0 atom stereocenters. The molecule has 0 radical (unpaired) electrons. The predicted molar refractivity (Wildman–Crippen MR) is 70.5 cm³/mol. The quantitative estimate of drug-likeness (QED) is 0.872. The van der Waals surface area contributed by atoms with Crippen LogP contribution in [-0.4, -0.2) is 20.5 Å². The predicted octanol–water partition coefficient (Wildman–Crippen LogP) is 3.24. The number of alkyl halides is 2. The van der Waals surface area contributed by atoms with E-state index >= 15 is 0 Å². The van der Waals surface area contributed by atoms with Crippen molar-refractivity contribution < 1.29 is 8.78 Å². The van der Waals surface area contributed by atoms with Gasteiger partial charge in [-0.25, -0.2) is 18.6 Å². The third-order valence-corrected chi connectivity index (χ3v) is 4.01. The fourth-order valence-electron chi connectivity index (χ4n) is 2.61. The first-order valence-corrected chi connectivity index (χ1v) is 6.89. The fourth-order valence-corrected chi connectivity index (χ4v) is 2.94. The van der Waals surface area contributed by atoms with Crippen LogP contribution >= 0.6 is 15.9 Å². The van der Waals surface area contributed by atoms with Gasteiger partial charge in [0.25, 0.3) is 0 Å². The van der Waals surface area contributed by atoms with Crippen molar-refractivity contribution in [2.24, 2.45) is 0 Å². The highest BCUT2D eigenvalue weighted by atomic mass is 79.9. The Kier molecular flexibility index (Phi) is 2.96. The number of pyridine rings is 1. The Morgan fingerprint density at radius 1 is 1.42 bits per heavy atom. The third kappa shape index (κ3) is 2.31. The lowest BCUT2D eigenvalue weighted by atomic mass is 9.92. The van der Waals surface area contributed by atoms with Crippen molar-refractivity contribution in [3.05, 3.63) is 27.2 Å². The number of fused-ring (bicyclic) bond motifs is 1. The number of halogens is 3. The minimum atomic E-state index is -2.59. The maximum atomic E-state index is 13.2. The topological polar surface area (TPSA) is 50.7 Å². The number of rotatable bonds is 1. The van der Waals surface area contributed by atoms with Crippen molar-refractivity contribution in [1.29, 1.82) is 0 Å². The van der Waals surface area contributed by atoms with Crippen LogP contribution in [0.25, 0.3) is 11.2 Å². The van der Waals surface area contributed by atoms with Gasteiger partial charge < -0.3 is 4.98 Å². The highest BCUT2D eigenvalue weighted by molar-refractivity contribution is 9.10. The number of hydrogen-bond donors (Lipinski definition) is 1. The second-order valence-corrected chi connectivity index (χ2v) is 5.83. The minimum absolute atomic E-state index is 0.173. The van der Waals surface area contributed by atoms with Crippen LogP contribution in [-0.2, 0) is 0 Å².